The van der Waals surface area contributed by atoms with Crippen molar-refractivity contribution in [1.29, 1.82) is 0 Å². The number of alkyl halides is 6. The van der Waals surface area contributed by atoms with Crippen molar-refractivity contribution < 1.29 is 124 Å². The first-order chi connectivity index (χ1) is 18.1. The maximum absolute atomic E-state index is 12.8. The van der Waals surface area contributed by atoms with Crippen LogP contribution in [-0.2, 0) is 19.1 Å². The number of methoxy groups -OCH3 is 1. The van der Waals surface area contributed by atoms with Gasteiger partial charge in [-0.3, -0.25) is 14.4 Å². The summed E-state index contributed by atoms with van der Waals surface area (Å²) in [7, 11) is 1.07. The first kappa shape index (κ1) is 38.5. The standard InChI is InChI=1S/C25H20F6O8.2Na/c1-37-23(36)11-6-16(17(32)7-2-14-4-9-19(34)21(12-14)38-24(26,27)28)18(33)8-3-15-5-10-20(35)22(13-15)39-25(29,30)31;;/h2-5,7-10,12-13,16,34-35H,6,11H2,1H3;;/q;2*+1/p-2/b7-2+,8-3+;;. The molecule has 0 spiro atoms. The summed E-state index contributed by atoms with van der Waals surface area (Å²) in [5.41, 5.74) is -0.0985. The Morgan fingerprint density at radius 2 is 1.17 bits per heavy atom. The number of ketones is 2. The molecule has 8 nitrogen and oxygen atoms in total. The normalized spacial score (nSPS) is 11.6. The Labute approximate surface area is 273 Å². The molecule has 0 unspecified atom stereocenters. The average molecular weight is 606 g/mol. The first-order valence-corrected chi connectivity index (χ1v) is 10.7. The largest absolute Gasteiger partial charge is 1.00 e. The molecule has 41 heavy (non-hydrogen) atoms. The maximum atomic E-state index is 12.8. The van der Waals surface area contributed by atoms with Gasteiger partial charge in [-0.2, -0.15) is 0 Å². The van der Waals surface area contributed by atoms with Gasteiger partial charge in [-0.05, 0) is 41.8 Å². The zero-order chi connectivity index (χ0) is 29.4. The molecule has 0 saturated heterocycles. The van der Waals surface area contributed by atoms with Crippen LogP contribution in [0.1, 0.15) is 24.0 Å². The van der Waals surface area contributed by atoms with Crippen molar-refractivity contribution in [3.8, 4) is 23.0 Å². The van der Waals surface area contributed by atoms with Gasteiger partial charge in [-0.25, -0.2) is 0 Å². The zero-order valence-electron chi connectivity index (χ0n) is 21.8. The smallest absolute Gasteiger partial charge is 0.870 e. The minimum atomic E-state index is -5.14. The minimum absolute atomic E-state index is 0. The second-order valence-corrected chi connectivity index (χ2v) is 7.65. The Bertz CT molecular complexity index is 1190. The van der Waals surface area contributed by atoms with Gasteiger partial charge in [0, 0.05) is 6.42 Å². The van der Waals surface area contributed by atoms with Crippen molar-refractivity contribution in [3.05, 3.63) is 59.7 Å². The van der Waals surface area contributed by atoms with Crippen LogP contribution in [0.4, 0.5) is 26.3 Å². The van der Waals surface area contributed by atoms with E-state index in [0.717, 1.165) is 67.8 Å². The summed E-state index contributed by atoms with van der Waals surface area (Å²) in [6, 6.07) is 5.20. The SMILES string of the molecule is COC(=O)CCC(C(=O)/C=C/c1ccc([O-])c(OC(F)(F)F)c1)C(=O)/C=C/c1ccc([O-])c(OC(F)(F)F)c1.[Na+].[Na+]. The van der Waals surface area contributed by atoms with E-state index in [1.807, 2.05) is 0 Å². The number of esters is 1. The molecule has 0 radical (unpaired) electrons. The van der Waals surface area contributed by atoms with E-state index < -0.39 is 59.2 Å². The van der Waals surface area contributed by atoms with E-state index in [1.165, 1.54) is 0 Å². The summed E-state index contributed by atoms with van der Waals surface area (Å²) in [4.78, 5) is 37.0. The summed E-state index contributed by atoms with van der Waals surface area (Å²) in [6.45, 7) is 0. The van der Waals surface area contributed by atoms with Gasteiger partial charge < -0.3 is 24.4 Å². The first-order valence-electron chi connectivity index (χ1n) is 10.7. The van der Waals surface area contributed by atoms with Gasteiger partial charge in [0.15, 0.2) is 11.6 Å². The second kappa shape index (κ2) is 16.8. The Kier molecular flexibility index (Phi) is 15.8. The third kappa shape index (κ3) is 13.8. The van der Waals surface area contributed by atoms with Crippen LogP contribution in [0.3, 0.4) is 0 Å². The predicted octanol–water partition coefficient (Wildman–Crippen LogP) is -1.93. The Morgan fingerprint density at radius 3 is 1.51 bits per heavy atom. The molecule has 0 aromatic heterocycles. The van der Waals surface area contributed by atoms with E-state index in [2.05, 4.69) is 14.2 Å². The third-order valence-electron chi connectivity index (χ3n) is 4.82. The van der Waals surface area contributed by atoms with Crippen molar-refractivity contribution in [2.45, 2.75) is 25.6 Å². The van der Waals surface area contributed by atoms with Crippen molar-refractivity contribution >= 4 is 29.7 Å². The summed E-state index contributed by atoms with van der Waals surface area (Å²) >= 11 is 0. The fourth-order valence-electron chi connectivity index (χ4n) is 3.04. The number of benzene rings is 2. The van der Waals surface area contributed by atoms with Gasteiger partial charge >= 0.3 is 77.8 Å². The minimum Gasteiger partial charge on any atom is -0.870 e. The molecular weight excluding hydrogens is 588 g/mol. The topological polar surface area (TPSA) is 125 Å². The molecule has 0 atom stereocenters. The molecule has 2 aromatic carbocycles. The van der Waals surface area contributed by atoms with Crippen LogP contribution < -0.4 is 78.8 Å². The molecule has 0 amide bonds. The number of rotatable bonds is 11. The van der Waals surface area contributed by atoms with Crippen molar-refractivity contribution in [2.75, 3.05) is 7.11 Å². The van der Waals surface area contributed by atoms with Gasteiger partial charge in [-0.15, -0.1) is 26.3 Å². The number of carbonyl (C=O) groups is 3. The molecule has 0 aliphatic rings. The van der Waals surface area contributed by atoms with Gasteiger partial charge in [0.1, 0.15) is 11.5 Å². The van der Waals surface area contributed by atoms with Crippen LogP contribution in [0, 0.1) is 5.92 Å². The van der Waals surface area contributed by atoms with Crippen LogP contribution >= 0.6 is 0 Å². The Hall–Kier alpha value is -2.49. The van der Waals surface area contributed by atoms with E-state index in [-0.39, 0.29) is 83.1 Å². The molecule has 0 aliphatic heterocycles. The van der Waals surface area contributed by atoms with Crippen LogP contribution in [0.5, 0.6) is 23.0 Å². The number of halogens is 6. The zero-order valence-corrected chi connectivity index (χ0v) is 25.8. The van der Waals surface area contributed by atoms with Crippen LogP contribution in [0.25, 0.3) is 12.2 Å². The van der Waals surface area contributed by atoms with Gasteiger partial charge in [0.25, 0.3) is 0 Å². The van der Waals surface area contributed by atoms with E-state index in [0.29, 0.717) is 0 Å². The summed E-state index contributed by atoms with van der Waals surface area (Å²) < 4.78 is 86.5. The fraction of sp³-hybridized carbons (Fsp3) is 0.240. The molecule has 0 bridgehead atoms. The van der Waals surface area contributed by atoms with Gasteiger partial charge in [0.2, 0.25) is 0 Å². The van der Waals surface area contributed by atoms with Crippen LogP contribution in [0.15, 0.2) is 48.6 Å². The monoisotopic (exact) mass is 606 g/mol. The van der Waals surface area contributed by atoms with E-state index in [9.17, 15) is 50.9 Å². The quantitative estimate of drug-likeness (QED) is 0.0954. The van der Waals surface area contributed by atoms with Crippen LogP contribution in [-0.4, -0.2) is 37.4 Å². The van der Waals surface area contributed by atoms with Crippen molar-refractivity contribution in [2.24, 2.45) is 5.92 Å². The van der Waals surface area contributed by atoms with E-state index in [1.54, 1.807) is 0 Å². The van der Waals surface area contributed by atoms with Gasteiger partial charge in [-0.1, -0.05) is 47.9 Å². The summed E-state index contributed by atoms with van der Waals surface area (Å²) in [6.07, 6.45) is -7.28. The molecule has 210 valence electrons. The second-order valence-electron chi connectivity index (χ2n) is 7.65. The molecule has 2 rings (SSSR count). The number of carbonyl (C=O) groups excluding carboxylic acids is 3. The summed E-state index contributed by atoms with van der Waals surface area (Å²) in [5, 5.41) is 23.1. The average Bonchev–Trinajstić information content (AvgIpc) is 2.83. The Balaban J connectivity index is 0.00000800. The molecule has 0 aliphatic carbocycles. The van der Waals surface area contributed by atoms with Crippen molar-refractivity contribution in [1.82, 2.24) is 0 Å². The molecule has 0 heterocycles. The molecular formula is C25H18F6Na2O8. The number of allylic oxidation sites excluding steroid dienone is 2. The Morgan fingerprint density at radius 1 is 0.780 bits per heavy atom. The number of hydrogen-bond donors (Lipinski definition) is 0. The number of hydrogen-bond acceptors (Lipinski definition) is 8. The molecule has 0 N–H and O–H groups in total. The third-order valence-corrected chi connectivity index (χ3v) is 4.82. The molecule has 2 aromatic rings. The molecule has 0 fully saturated rings. The van der Waals surface area contributed by atoms with E-state index in [4.69, 9.17) is 0 Å². The van der Waals surface area contributed by atoms with Crippen LogP contribution in [0.2, 0.25) is 0 Å². The predicted molar refractivity (Wildman–Crippen MR) is 118 cm³/mol. The van der Waals surface area contributed by atoms with Crippen molar-refractivity contribution in [3.63, 3.8) is 0 Å². The molecule has 16 heteroatoms. The fourth-order valence-corrected chi connectivity index (χ4v) is 3.04. The maximum Gasteiger partial charge on any atom is 1.00 e. The van der Waals surface area contributed by atoms with Gasteiger partial charge in [0.05, 0.1) is 13.0 Å². The number of ether oxygens (including phenoxy) is 3. The molecule has 0 saturated carbocycles. The summed E-state index contributed by atoms with van der Waals surface area (Å²) in [5.74, 6) is -8.24. The van der Waals surface area contributed by atoms with E-state index >= 15 is 0 Å².